The fourth-order valence-corrected chi connectivity index (χ4v) is 2.68. The third-order valence-corrected chi connectivity index (χ3v) is 4.08. The van der Waals surface area contributed by atoms with Crippen LogP contribution in [-0.2, 0) is 4.79 Å². The lowest BCUT2D eigenvalue weighted by molar-refractivity contribution is -0.118. The van der Waals surface area contributed by atoms with Crippen LogP contribution in [0, 0.1) is 12.7 Å². The van der Waals surface area contributed by atoms with Crippen molar-refractivity contribution in [3.05, 3.63) is 46.7 Å². The molecular weight excluding hydrogens is 341 g/mol. The van der Waals surface area contributed by atoms with E-state index in [2.05, 4.69) is 14.1 Å². The van der Waals surface area contributed by atoms with Crippen molar-refractivity contribution in [3.8, 4) is 5.75 Å². The summed E-state index contributed by atoms with van der Waals surface area (Å²) in [5.74, 6) is -1.05. The molecule has 0 bridgehead atoms. The largest absolute Gasteiger partial charge is 0.481 e. The van der Waals surface area contributed by atoms with Crippen molar-refractivity contribution in [1.29, 1.82) is 0 Å². The summed E-state index contributed by atoms with van der Waals surface area (Å²) >= 11 is 6.88. The van der Waals surface area contributed by atoms with Crippen LogP contribution < -0.4 is 10.1 Å². The molecular formula is C15H11ClFN3O2S. The van der Waals surface area contributed by atoms with Crippen LogP contribution in [0.2, 0.25) is 5.02 Å². The number of rotatable bonds is 4. The van der Waals surface area contributed by atoms with Gasteiger partial charge in [-0.15, -0.1) is 0 Å². The Kier molecular flexibility index (Phi) is 4.40. The van der Waals surface area contributed by atoms with Gasteiger partial charge in [0.15, 0.2) is 18.2 Å². The quantitative estimate of drug-likeness (QED) is 0.776. The Hall–Kier alpha value is -2.25. The number of nitrogens with one attached hydrogen (secondary N) is 1. The Bertz CT molecular complexity index is 884. The lowest BCUT2D eigenvalue weighted by atomic mass is 10.2. The van der Waals surface area contributed by atoms with Gasteiger partial charge in [0.25, 0.3) is 5.91 Å². The molecule has 5 nitrogen and oxygen atoms in total. The zero-order valence-electron chi connectivity index (χ0n) is 12.0. The van der Waals surface area contributed by atoms with E-state index in [1.165, 1.54) is 6.07 Å². The number of hydrogen-bond donors (Lipinski definition) is 1. The predicted molar refractivity (Wildman–Crippen MR) is 87.7 cm³/mol. The van der Waals surface area contributed by atoms with Crippen molar-refractivity contribution in [2.24, 2.45) is 0 Å². The second kappa shape index (κ2) is 6.47. The number of hydrogen-bond acceptors (Lipinski definition) is 5. The average molecular weight is 352 g/mol. The van der Waals surface area contributed by atoms with Crippen LogP contribution in [0.25, 0.3) is 11.0 Å². The first-order valence-corrected chi connectivity index (χ1v) is 7.75. The minimum atomic E-state index is -0.612. The maximum atomic E-state index is 13.7. The normalized spacial score (nSPS) is 10.7. The van der Waals surface area contributed by atoms with Crippen LogP contribution >= 0.6 is 23.3 Å². The van der Waals surface area contributed by atoms with E-state index in [0.29, 0.717) is 27.3 Å². The number of aryl methyl sites for hydroxylation is 1. The van der Waals surface area contributed by atoms with Crippen LogP contribution in [-0.4, -0.2) is 21.3 Å². The van der Waals surface area contributed by atoms with E-state index in [1.807, 2.05) is 0 Å². The highest BCUT2D eigenvalue weighted by atomic mass is 35.5. The molecule has 0 unspecified atom stereocenters. The predicted octanol–water partition coefficient (Wildman–Crippen LogP) is 3.81. The SMILES string of the molecule is Cc1cc(OCC(=O)Nc2cccc3nsnc23)c(F)cc1Cl. The first-order valence-electron chi connectivity index (χ1n) is 6.64. The first-order chi connectivity index (χ1) is 11.0. The number of amides is 1. The molecule has 0 radical (unpaired) electrons. The van der Waals surface area contributed by atoms with E-state index in [9.17, 15) is 9.18 Å². The number of carbonyl (C=O) groups is 1. The topological polar surface area (TPSA) is 64.1 Å². The van der Waals surface area contributed by atoms with Crippen molar-refractivity contribution in [3.63, 3.8) is 0 Å². The monoisotopic (exact) mass is 351 g/mol. The summed E-state index contributed by atoms with van der Waals surface area (Å²) in [7, 11) is 0. The number of carbonyl (C=O) groups excluding carboxylic acids is 1. The van der Waals surface area contributed by atoms with Crippen molar-refractivity contribution < 1.29 is 13.9 Å². The van der Waals surface area contributed by atoms with Gasteiger partial charge >= 0.3 is 0 Å². The van der Waals surface area contributed by atoms with Crippen LogP contribution in [0.1, 0.15) is 5.56 Å². The maximum absolute atomic E-state index is 13.7. The van der Waals surface area contributed by atoms with E-state index in [1.54, 1.807) is 25.1 Å². The van der Waals surface area contributed by atoms with Crippen LogP contribution in [0.4, 0.5) is 10.1 Å². The van der Waals surface area contributed by atoms with Crippen molar-refractivity contribution in [2.75, 3.05) is 11.9 Å². The molecule has 0 aliphatic heterocycles. The summed E-state index contributed by atoms with van der Waals surface area (Å²) in [6, 6.07) is 7.90. The molecule has 3 rings (SSSR count). The Morgan fingerprint density at radius 1 is 1.39 bits per heavy atom. The number of aromatic nitrogens is 2. The van der Waals surface area contributed by atoms with Gasteiger partial charge in [-0.25, -0.2) is 4.39 Å². The Balaban J connectivity index is 1.68. The highest BCUT2D eigenvalue weighted by molar-refractivity contribution is 7.00. The fourth-order valence-electron chi connectivity index (χ4n) is 1.98. The number of nitrogens with zero attached hydrogens (tertiary/aromatic N) is 2. The van der Waals surface area contributed by atoms with E-state index in [0.717, 1.165) is 17.8 Å². The van der Waals surface area contributed by atoms with E-state index < -0.39 is 11.7 Å². The standard InChI is InChI=1S/C15H11ClFN3O2S/c1-8-5-13(10(17)6-9(8)16)22-7-14(21)18-11-3-2-4-12-15(11)20-23-19-12/h2-6H,7H2,1H3,(H,18,21). The molecule has 1 heterocycles. The van der Waals surface area contributed by atoms with Gasteiger partial charge < -0.3 is 10.1 Å². The molecule has 0 aliphatic carbocycles. The minimum Gasteiger partial charge on any atom is -0.481 e. The highest BCUT2D eigenvalue weighted by Gasteiger charge is 2.12. The Morgan fingerprint density at radius 3 is 3.04 bits per heavy atom. The van der Waals surface area contributed by atoms with Gasteiger partial charge in [-0.05, 0) is 36.8 Å². The summed E-state index contributed by atoms with van der Waals surface area (Å²) < 4.78 is 27.2. The van der Waals surface area contributed by atoms with Gasteiger partial charge in [-0.3, -0.25) is 4.79 Å². The molecule has 1 aromatic heterocycles. The van der Waals surface area contributed by atoms with Gasteiger partial charge in [0.05, 0.1) is 17.4 Å². The van der Waals surface area contributed by atoms with Crippen LogP contribution in [0.15, 0.2) is 30.3 Å². The molecule has 2 aromatic carbocycles. The molecule has 0 aliphatic rings. The summed E-state index contributed by atoms with van der Waals surface area (Å²) in [5.41, 5.74) is 2.52. The zero-order valence-corrected chi connectivity index (χ0v) is 13.5. The zero-order chi connectivity index (χ0) is 16.4. The lowest BCUT2D eigenvalue weighted by Crippen LogP contribution is -2.20. The van der Waals surface area contributed by atoms with Gasteiger partial charge in [0.2, 0.25) is 0 Å². The highest BCUT2D eigenvalue weighted by Crippen LogP contribution is 2.25. The molecule has 118 valence electrons. The van der Waals surface area contributed by atoms with Gasteiger partial charge in [-0.2, -0.15) is 8.75 Å². The molecule has 0 saturated carbocycles. The average Bonchev–Trinajstić information content (AvgIpc) is 2.99. The van der Waals surface area contributed by atoms with Crippen molar-refractivity contribution in [1.82, 2.24) is 8.75 Å². The summed E-state index contributed by atoms with van der Waals surface area (Å²) in [4.78, 5) is 12.0. The smallest absolute Gasteiger partial charge is 0.262 e. The molecule has 8 heteroatoms. The molecule has 0 atom stereocenters. The van der Waals surface area contributed by atoms with Gasteiger partial charge in [-0.1, -0.05) is 17.7 Å². The maximum Gasteiger partial charge on any atom is 0.262 e. The van der Waals surface area contributed by atoms with Crippen molar-refractivity contribution in [2.45, 2.75) is 6.92 Å². The van der Waals surface area contributed by atoms with Crippen LogP contribution in [0.3, 0.4) is 0 Å². The summed E-state index contributed by atoms with van der Waals surface area (Å²) in [6.45, 7) is 1.40. The molecule has 0 fully saturated rings. The second-order valence-electron chi connectivity index (χ2n) is 4.81. The second-order valence-corrected chi connectivity index (χ2v) is 5.74. The fraction of sp³-hybridized carbons (Fsp3) is 0.133. The van der Waals surface area contributed by atoms with Gasteiger partial charge in [0, 0.05) is 5.02 Å². The van der Waals surface area contributed by atoms with E-state index in [-0.39, 0.29) is 12.4 Å². The number of anilines is 1. The van der Waals surface area contributed by atoms with Crippen molar-refractivity contribution >= 4 is 46.0 Å². The van der Waals surface area contributed by atoms with E-state index in [4.69, 9.17) is 16.3 Å². The molecule has 0 saturated heterocycles. The number of halogens is 2. The third-order valence-electron chi connectivity index (χ3n) is 3.13. The summed E-state index contributed by atoms with van der Waals surface area (Å²) in [5, 5.41) is 2.99. The number of ether oxygens (including phenoxy) is 1. The molecule has 3 aromatic rings. The molecule has 1 amide bonds. The summed E-state index contributed by atoms with van der Waals surface area (Å²) in [6.07, 6.45) is 0. The lowest BCUT2D eigenvalue weighted by Gasteiger charge is -2.10. The Morgan fingerprint density at radius 2 is 2.22 bits per heavy atom. The van der Waals surface area contributed by atoms with Gasteiger partial charge in [0.1, 0.15) is 11.0 Å². The Labute approximate surface area is 140 Å². The van der Waals surface area contributed by atoms with Crippen LogP contribution in [0.5, 0.6) is 5.75 Å². The number of fused-ring (bicyclic) bond motifs is 1. The molecule has 23 heavy (non-hydrogen) atoms. The number of benzene rings is 2. The first kappa shape index (κ1) is 15.6. The van der Waals surface area contributed by atoms with E-state index >= 15 is 0 Å². The molecule has 0 spiro atoms. The molecule has 1 N–H and O–H groups in total. The minimum absolute atomic E-state index is 0.0180. The third kappa shape index (κ3) is 3.40.